The molecule has 2 saturated heterocycles. The molecule has 2 aliphatic heterocycles. The summed E-state index contributed by atoms with van der Waals surface area (Å²) >= 11 is 0. The maximum absolute atomic E-state index is 12.5. The standard InChI is InChI=1S/C17H23N3O3.ClH/c21-14-6-4-13(5-7-14)16(22)19-9-11-20(12-10-19)17(23)15-3-1-2-8-18-15;/h4-7,15,18,21H,1-3,8-12H2;1H. The molecule has 0 saturated carbocycles. The molecule has 6 nitrogen and oxygen atoms in total. The number of hydrogen-bond donors (Lipinski definition) is 2. The van der Waals surface area contributed by atoms with Crippen LogP contribution in [0.15, 0.2) is 24.3 Å². The van der Waals surface area contributed by atoms with Gasteiger partial charge < -0.3 is 20.2 Å². The third kappa shape index (κ3) is 4.19. The lowest BCUT2D eigenvalue weighted by Crippen LogP contribution is -2.55. The van der Waals surface area contributed by atoms with Crippen LogP contribution >= 0.6 is 12.4 Å². The smallest absolute Gasteiger partial charge is 0.253 e. The normalized spacial score (nSPS) is 21.1. The Morgan fingerprint density at radius 3 is 2.21 bits per heavy atom. The van der Waals surface area contributed by atoms with E-state index in [0.717, 1.165) is 25.8 Å². The fourth-order valence-corrected chi connectivity index (χ4v) is 3.20. The molecule has 24 heavy (non-hydrogen) atoms. The van der Waals surface area contributed by atoms with Gasteiger partial charge >= 0.3 is 0 Å². The van der Waals surface area contributed by atoms with Crippen LogP contribution in [0.3, 0.4) is 0 Å². The van der Waals surface area contributed by atoms with Gasteiger partial charge in [0.25, 0.3) is 5.91 Å². The van der Waals surface area contributed by atoms with Crippen molar-refractivity contribution >= 4 is 24.2 Å². The van der Waals surface area contributed by atoms with Gasteiger partial charge in [-0.2, -0.15) is 0 Å². The van der Waals surface area contributed by atoms with Gasteiger partial charge in [-0.25, -0.2) is 0 Å². The van der Waals surface area contributed by atoms with Crippen molar-refractivity contribution in [3.8, 4) is 5.75 Å². The SMILES string of the molecule is Cl.O=C(c1ccc(O)cc1)N1CCN(C(=O)C2CCCCN2)CC1. The number of aromatic hydroxyl groups is 1. The van der Waals surface area contributed by atoms with E-state index in [1.807, 2.05) is 4.90 Å². The van der Waals surface area contributed by atoms with Crippen LogP contribution in [-0.2, 0) is 4.79 Å². The van der Waals surface area contributed by atoms with E-state index >= 15 is 0 Å². The van der Waals surface area contributed by atoms with E-state index in [9.17, 15) is 14.7 Å². The van der Waals surface area contributed by atoms with E-state index in [1.165, 1.54) is 12.1 Å². The fourth-order valence-electron chi connectivity index (χ4n) is 3.20. The summed E-state index contributed by atoms with van der Waals surface area (Å²) in [7, 11) is 0. The highest BCUT2D eigenvalue weighted by molar-refractivity contribution is 5.94. The van der Waals surface area contributed by atoms with Crippen LogP contribution in [0.1, 0.15) is 29.6 Å². The van der Waals surface area contributed by atoms with Gasteiger partial charge in [-0.15, -0.1) is 12.4 Å². The molecule has 0 spiro atoms. The average Bonchev–Trinajstić information content (AvgIpc) is 2.62. The number of amides is 2. The lowest BCUT2D eigenvalue weighted by molar-refractivity contribution is -0.135. The zero-order valence-electron chi connectivity index (χ0n) is 13.6. The molecular formula is C17H24ClN3O3. The first kappa shape index (κ1) is 18.5. The topological polar surface area (TPSA) is 72.9 Å². The second-order valence-electron chi connectivity index (χ2n) is 6.17. The van der Waals surface area contributed by atoms with Crippen molar-refractivity contribution in [1.29, 1.82) is 0 Å². The average molecular weight is 354 g/mol. The predicted octanol–water partition coefficient (Wildman–Crippen LogP) is 1.24. The first-order valence-electron chi connectivity index (χ1n) is 8.25. The van der Waals surface area contributed by atoms with E-state index < -0.39 is 0 Å². The Bertz CT molecular complexity index is 565. The Morgan fingerprint density at radius 2 is 1.62 bits per heavy atom. The van der Waals surface area contributed by atoms with Gasteiger partial charge in [-0.05, 0) is 43.7 Å². The molecule has 7 heteroatoms. The molecule has 0 radical (unpaired) electrons. The van der Waals surface area contributed by atoms with Crippen LogP contribution in [0, 0.1) is 0 Å². The maximum Gasteiger partial charge on any atom is 0.253 e. The third-order valence-electron chi connectivity index (χ3n) is 4.60. The molecule has 1 aromatic carbocycles. The molecule has 0 bridgehead atoms. The van der Waals surface area contributed by atoms with Crippen molar-refractivity contribution < 1.29 is 14.7 Å². The molecular weight excluding hydrogens is 330 g/mol. The number of rotatable bonds is 2. The second-order valence-corrected chi connectivity index (χ2v) is 6.17. The Hall–Kier alpha value is -1.79. The van der Waals surface area contributed by atoms with Gasteiger partial charge in [0.15, 0.2) is 0 Å². The van der Waals surface area contributed by atoms with Gasteiger partial charge in [0.2, 0.25) is 5.91 Å². The zero-order chi connectivity index (χ0) is 16.2. The van der Waals surface area contributed by atoms with E-state index in [4.69, 9.17) is 0 Å². The Balaban J connectivity index is 0.00000208. The Kier molecular flexibility index (Phi) is 6.45. The van der Waals surface area contributed by atoms with Crippen molar-refractivity contribution in [1.82, 2.24) is 15.1 Å². The first-order valence-corrected chi connectivity index (χ1v) is 8.25. The molecule has 2 aliphatic rings. The van der Waals surface area contributed by atoms with Crippen molar-refractivity contribution in [2.75, 3.05) is 32.7 Å². The van der Waals surface area contributed by atoms with Crippen LogP contribution in [0.25, 0.3) is 0 Å². The highest BCUT2D eigenvalue weighted by Gasteiger charge is 2.29. The zero-order valence-corrected chi connectivity index (χ0v) is 14.4. The minimum absolute atomic E-state index is 0. The highest BCUT2D eigenvalue weighted by Crippen LogP contribution is 2.15. The second kappa shape index (κ2) is 8.35. The molecule has 1 aromatic rings. The van der Waals surface area contributed by atoms with Gasteiger partial charge in [-0.1, -0.05) is 6.42 Å². The molecule has 1 unspecified atom stereocenters. The largest absolute Gasteiger partial charge is 0.508 e. The molecule has 3 rings (SSSR count). The van der Waals surface area contributed by atoms with Crippen molar-refractivity contribution in [3.63, 3.8) is 0 Å². The molecule has 132 valence electrons. The van der Waals surface area contributed by atoms with Crippen LogP contribution in [-0.4, -0.2) is 65.5 Å². The van der Waals surface area contributed by atoms with Gasteiger partial charge in [0, 0.05) is 31.7 Å². The number of carbonyl (C=O) groups excluding carboxylic acids is 2. The number of hydrogen-bond acceptors (Lipinski definition) is 4. The number of phenols is 1. The number of carbonyl (C=O) groups is 2. The number of benzene rings is 1. The summed E-state index contributed by atoms with van der Waals surface area (Å²) in [6, 6.07) is 6.23. The Labute approximate surface area is 148 Å². The number of phenolic OH excluding ortho intramolecular Hbond substituents is 1. The number of halogens is 1. The number of piperazine rings is 1. The molecule has 1 atom stereocenters. The molecule has 2 N–H and O–H groups in total. The van der Waals surface area contributed by atoms with Crippen molar-refractivity contribution in [2.24, 2.45) is 0 Å². The maximum atomic E-state index is 12.5. The first-order chi connectivity index (χ1) is 11.1. The molecule has 2 amide bonds. The summed E-state index contributed by atoms with van der Waals surface area (Å²) < 4.78 is 0. The summed E-state index contributed by atoms with van der Waals surface area (Å²) in [6.07, 6.45) is 3.15. The van der Waals surface area contributed by atoms with E-state index in [0.29, 0.717) is 31.7 Å². The number of nitrogens with one attached hydrogen (secondary N) is 1. The lowest BCUT2D eigenvalue weighted by atomic mass is 10.0. The monoisotopic (exact) mass is 353 g/mol. The van der Waals surface area contributed by atoms with Crippen LogP contribution in [0.5, 0.6) is 5.75 Å². The summed E-state index contributed by atoms with van der Waals surface area (Å²) in [4.78, 5) is 28.5. The van der Waals surface area contributed by atoms with Crippen LogP contribution in [0.2, 0.25) is 0 Å². The number of nitrogens with zero attached hydrogens (tertiary/aromatic N) is 2. The van der Waals surface area contributed by atoms with Crippen LogP contribution in [0.4, 0.5) is 0 Å². The highest BCUT2D eigenvalue weighted by atomic mass is 35.5. The van der Waals surface area contributed by atoms with Crippen molar-refractivity contribution in [2.45, 2.75) is 25.3 Å². The van der Waals surface area contributed by atoms with Crippen LogP contribution < -0.4 is 5.32 Å². The minimum Gasteiger partial charge on any atom is -0.508 e. The van der Waals surface area contributed by atoms with Crippen molar-refractivity contribution in [3.05, 3.63) is 29.8 Å². The van der Waals surface area contributed by atoms with Gasteiger partial charge in [0.05, 0.1) is 6.04 Å². The summed E-state index contributed by atoms with van der Waals surface area (Å²) in [6.45, 7) is 3.19. The molecule has 2 fully saturated rings. The lowest BCUT2D eigenvalue weighted by Gasteiger charge is -2.37. The Morgan fingerprint density at radius 1 is 1.00 bits per heavy atom. The molecule has 2 heterocycles. The van der Waals surface area contributed by atoms with Gasteiger partial charge in [-0.3, -0.25) is 9.59 Å². The fraction of sp³-hybridized carbons (Fsp3) is 0.529. The summed E-state index contributed by atoms with van der Waals surface area (Å²) in [5, 5.41) is 12.6. The van der Waals surface area contributed by atoms with Gasteiger partial charge in [0.1, 0.15) is 5.75 Å². The van der Waals surface area contributed by atoms with E-state index in [2.05, 4.69) is 5.32 Å². The van der Waals surface area contributed by atoms with E-state index in [-0.39, 0.29) is 36.0 Å². The predicted molar refractivity (Wildman–Crippen MR) is 93.5 cm³/mol. The number of piperidine rings is 1. The summed E-state index contributed by atoms with van der Waals surface area (Å²) in [5.41, 5.74) is 0.566. The summed E-state index contributed by atoms with van der Waals surface area (Å²) in [5.74, 6) is 0.270. The molecule has 0 aliphatic carbocycles. The molecule has 0 aromatic heterocycles. The third-order valence-corrected chi connectivity index (χ3v) is 4.60. The quantitative estimate of drug-likeness (QED) is 0.839. The van der Waals surface area contributed by atoms with E-state index in [1.54, 1.807) is 17.0 Å². The minimum atomic E-state index is -0.0527.